The summed E-state index contributed by atoms with van der Waals surface area (Å²) >= 11 is 0. The lowest BCUT2D eigenvalue weighted by Crippen LogP contribution is -2.45. The fraction of sp³-hybridized carbons (Fsp3) is 0.909. The smallest absolute Gasteiger partial charge is 0.239 e. The molecule has 86 valence electrons. The molecule has 15 heavy (non-hydrogen) atoms. The highest BCUT2D eigenvalue weighted by Crippen LogP contribution is 2.29. The molecule has 0 spiro atoms. The predicted molar refractivity (Wildman–Crippen MR) is 57.3 cm³/mol. The third-order valence-electron chi connectivity index (χ3n) is 3.14. The van der Waals surface area contributed by atoms with Gasteiger partial charge in [0.15, 0.2) is 0 Å². The quantitative estimate of drug-likeness (QED) is 0.732. The standard InChI is InChI=1S/C11H20N2O2/c1-8(12)11(14)13(10-2-3-10)6-9-4-5-15-7-9/h8-10H,2-7,12H2,1H3/t8-,9?/m1/s1. The minimum Gasteiger partial charge on any atom is -0.381 e. The van der Waals surface area contributed by atoms with E-state index in [1.54, 1.807) is 6.92 Å². The Morgan fingerprint density at radius 1 is 1.53 bits per heavy atom. The van der Waals surface area contributed by atoms with Crippen molar-refractivity contribution in [3.8, 4) is 0 Å². The molecule has 0 aromatic heterocycles. The first-order valence-electron chi connectivity index (χ1n) is 5.82. The van der Waals surface area contributed by atoms with Gasteiger partial charge in [0.1, 0.15) is 0 Å². The van der Waals surface area contributed by atoms with Crippen molar-refractivity contribution in [2.75, 3.05) is 19.8 Å². The van der Waals surface area contributed by atoms with E-state index in [2.05, 4.69) is 0 Å². The van der Waals surface area contributed by atoms with Gasteiger partial charge in [-0.05, 0) is 26.2 Å². The lowest BCUT2D eigenvalue weighted by Gasteiger charge is -2.26. The van der Waals surface area contributed by atoms with Crippen molar-refractivity contribution in [2.45, 2.75) is 38.3 Å². The molecule has 2 fully saturated rings. The zero-order chi connectivity index (χ0) is 10.8. The Hall–Kier alpha value is -0.610. The Kier molecular flexibility index (Phi) is 3.26. The van der Waals surface area contributed by atoms with Crippen LogP contribution in [0.2, 0.25) is 0 Å². The monoisotopic (exact) mass is 212 g/mol. The number of hydrogen-bond acceptors (Lipinski definition) is 3. The second kappa shape index (κ2) is 4.49. The van der Waals surface area contributed by atoms with E-state index < -0.39 is 0 Å². The summed E-state index contributed by atoms with van der Waals surface area (Å²) in [4.78, 5) is 13.8. The van der Waals surface area contributed by atoms with Crippen LogP contribution in [-0.4, -0.2) is 42.6 Å². The molecule has 2 aliphatic rings. The number of carbonyl (C=O) groups excluding carboxylic acids is 1. The number of ether oxygens (including phenoxy) is 1. The lowest BCUT2D eigenvalue weighted by molar-refractivity contribution is -0.133. The number of hydrogen-bond donors (Lipinski definition) is 1. The molecule has 1 heterocycles. The highest BCUT2D eigenvalue weighted by molar-refractivity contribution is 5.81. The van der Waals surface area contributed by atoms with Crippen molar-refractivity contribution in [3.05, 3.63) is 0 Å². The van der Waals surface area contributed by atoms with Gasteiger partial charge < -0.3 is 15.4 Å². The molecule has 4 heteroatoms. The Morgan fingerprint density at radius 2 is 2.27 bits per heavy atom. The van der Waals surface area contributed by atoms with Gasteiger partial charge in [-0.2, -0.15) is 0 Å². The summed E-state index contributed by atoms with van der Waals surface area (Å²) in [6.07, 6.45) is 3.37. The molecular weight excluding hydrogens is 192 g/mol. The summed E-state index contributed by atoms with van der Waals surface area (Å²) in [5.74, 6) is 0.623. The molecule has 0 aromatic carbocycles. The molecule has 0 bridgehead atoms. The molecular formula is C11H20N2O2. The van der Waals surface area contributed by atoms with E-state index in [1.807, 2.05) is 4.90 Å². The van der Waals surface area contributed by atoms with E-state index in [0.717, 1.165) is 39.0 Å². The van der Waals surface area contributed by atoms with Crippen LogP contribution in [-0.2, 0) is 9.53 Å². The number of nitrogens with zero attached hydrogens (tertiary/aromatic N) is 1. The van der Waals surface area contributed by atoms with Gasteiger partial charge in [-0.25, -0.2) is 0 Å². The number of amides is 1. The first-order chi connectivity index (χ1) is 7.18. The first kappa shape index (κ1) is 10.9. The summed E-state index contributed by atoms with van der Waals surface area (Å²) < 4.78 is 5.33. The Bertz CT molecular complexity index is 233. The van der Waals surface area contributed by atoms with E-state index in [1.165, 1.54) is 0 Å². The maximum absolute atomic E-state index is 11.9. The second-order valence-corrected chi connectivity index (χ2v) is 4.74. The maximum atomic E-state index is 11.9. The third-order valence-corrected chi connectivity index (χ3v) is 3.14. The SMILES string of the molecule is C[C@@H](N)C(=O)N(CC1CCOC1)C1CC1. The van der Waals surface area contributed by atoms with Gasteiger partial charge in [0, 0.05) is 25.1 Å². The zero-order valence-electron chi connectivity index (χ0n) is 9.32. The minimum absolute atomic E-state index is 0.101. The van der Waals surface area contributed by atoms with Crippen LogP contribution >= 0.6 is 0 Å². The predicted octanol–water partition coefficient (Wildman–Crippen LogP) is 0.361. The Labute approximate surface area is 90.8 Å². The van der Waals surface area contributed by atoms with Gasteiger partial charge in [-0.1, -0.05) is 0 Å². The average Bonchev–Trinajstić information content (AvgIpc) is 2.92. The van der Waals surface area contributed by atoms with Gasteiger partial charge >= 0.3 is 0 Å². The molecule has 2 rings (SSSR count). The highest BCUT2D eigenvalue weighted by atomic mass is 16.5. The summed E-state index contributed by atoms with van der Waals surface area (Å²) in [6, 6.07) is 0.0945. The first-order valence-corrected chi connectivity index (χ1v) is 5.82. The van der Waals surface area contributed by atoms with Gasteiger partial charge in [-0.15, -0.1) is 0 Å². The molecule has 4 nitrogen and oxygen atoms in total. The van der Waals surface area contributed by atoms with Crippen LogP contribution in [0.3, 0.4) is 0 Å². The zero-order valence-corrected chi connectivity index (χ0v) is 9.32. The van der Waals surface area contributed by atoms with Crippen LogP contribution < -0.4 is 5.73 Å². The van der Waals surface area contributed by atoms with Crippen LogP contribution in [0.4, 0.5) is 0 Å². The van der Waals surface area contributed by atoms with Crippen molar-refractivity contribution in [2.24, 2.45) is 11.7 Å². The molecule has 1 saturated heterocycles. The average molecular weight is 212 g/mol. The van der Waals surface area contributed by atoms with E-state index in [9.17, 15) is 4.79 Å². The van der Waals surface area contributed by atoms with Crippen LogP contribution in [0.5, 0.6) is 0 Å². The summed E-state index contributed by atoms with van der Waals surface area (Å²) in [5, 5.41) is 0. The molecule has 2 atom stereocenters. The van der Waals surface area contributed by atoms with Gasteiger partial charge in [0.05, 0.1) is 12.6 Å². The number of carbonyl (C=O) groups is 1. The van der Waals surface area contributed by atoms with E-state index in [4.69, 9.17) is 10.5 Å². The summed E-state index contributed by atoms with van der Waals surface area (Å²) in [6.45, 7) is 4.25. The Balaban J connectivity index is 1.90. The molecule has 1 unspecified atom stereocenters. The van der Waals surface area contributed by atoms with E-state index >= 15 is 0 Å². The van der Waals surface area contributed by atoms with Crippen LogP contribution in [0.15, 0.2) is 0 Å². The minimum atomic E-state index is -0.368. The molecule has 0 aromatic rings. The lowest BCUT2D eigenvalue weighted by atomic mass is 10.1. The largest absolute Gasteiger partial charge is 0.381 e. The molecule has 2 N–H and O–H groups in total. The molecule has 1 saturated carbocycles. The van der Waals surface area contributed by atoms with Gasteiger partial charge in [0.2, 0.25) is 5.91 Å². The van der Waals surface area contributed by atoms with Crippen molar-refractivity contribution < 1.29 is 9.53 Å². The Morgan fingerprint density at radius 3 is 2.73 bits per heavy atom. The number of rotatable bonds is 4. The van der Waals surface area contributed by atoms with Crippen molar-refractivity contribution in [3.63, 3.8) is 0 Å². The van der Waals surface area contributed by atoms with E-state index in [-0.39, 0.29) is 11.9 Å². The maximum Gasteiger partial charge on any atom is 0.239 e. The summed E-state index contributed by atoms with van der Waals surface area (Å²) in [7, 11) is 0. The van der Waals surface area contributed by atoms with Crippen LogP contribution in [0.1, 0.15) is 26.2 Å². The highest BCUT2D eigenvalue weighted by Gasteiger charge is 2.35. The van der Waals surface area contributed by atoms with Gasteiger partial charge in [-0.3, -0.25) is 4.79 Å². The molecule has 1 aliphatic heterocycles. The normalized spacial score (nSPS) is 27.7. The van der Waals surface area contributed by atoms with Crippen molar-refractivity contribution in [1.29, 1.82) is 0 Å². The fourth-order valence-electron chi connectivity index (χ4n) is 2.07. The van der Waals surface area contributed by atoms with E-state index in [0.29, 0.717) is 12.0 Å². The second-order valence-electron chi connectivity index (χ2n) is 4.74. The molecule has 0 radical (unpaired) electrons. The molecule has 1 amide bonds. The number of nitrogens with two attached hydrogens (primary N) is 1. The topological polar surface area (TPSA) is 55.6 Å². The van der Waals surface area contributed by atoms with Crippen molar-refractivity contribution in [1.82, 2.24) is 4.90 Å². The third kappa shape index (κ3) is 2.69. The molecule has 1 aliphatic carbocycles. The fourth-order valence-corrected chi connectivity index (χ4v) is 2.07. The van der Waals surface area contributed by atoms with Crippen molar-refractivity contribution >= 4 is 5.91 Å². The van der Waals surface area contributed by atoms with Gasteiger partial charge in [0.25, 0.3) is 0 Å². The van der Waals surface area contributed by atoms with Crippen LogP contribution in [0.25, 0.3) is 0 Å². The summed E-state index contributed by atoms with van der Waals surface area (Å²) in [5.41, 5.74) is 5.65. The van der Waals surface area contributed by atoms with Crippen LogP contribution in [0, 0.1) is 5.92 Å².